The summed E-state index contributed by atoms with van der Waals surface area (Å²) in [4.78, 5) is 0. The number of aliphatic hydroxyl groups is 1. The second-order valence-electron chi connectivity index (χ2n) is 3.50. The van der Waals surface area contributed by atoms with Gasteiger partial charge < -0.3 is 10.4 Å². The lowest BCUT2D eigenvalue weighted by Gasteiger charge is -2.15. The first-order chi connectivity index (χ1) is 6.61. The molecule has 0 saturated carbocycles. The Hall–Kier alpha value is -0.930. The van der Waals surface area contributed by atoms with Crippen LogP contribution in [0.15, 0.2) is 24.3 Å². The van der Waals surface area contributed by atoms with Gasteiger partial charge in [0.25, 0.3) is 0 Å². The summed E-state index contributed by atoms with van der Waals surface area (Å²) in [5.41, 5.74) is 0.633. The molecule has 0 spiro atoms. The van der Waals surface area contributed by atoms with Crippen molar-refractivity contribution in [1.29, 1.82) is 0 Å². The summed E-state index contributed by atoms with van der Waals surface area (Å²) in [5.74, 6) is -0.210. The average Bonchev–Trinajstić information content (AvgIpc) is 2.15. The second kappa shape index (κ2) is 5.08. The maximum absolute atomic E-state index is 13.3. The quantitative estimate of drug-likeness (QED) is 0.772. The zero-order valence-corrected chi connectivity index (χ0v) is 8.50. The van der Waals surface area contributed by atoms with E-state index >= 15 is 0 Å². The molecular weight excluding hydrogens is 181 g/mol. The van der Waals surface area contributed by atoms with Crippen LogP contribution in [-0.2, 0) is 0 Å². The van der Waals surface area contributed by atoms with Crippen LogP contribution in [0.2, 0.25) is 0 Å². The molecule has 0 radical (unpaired) electrons. The lowest BCUT2D eigenvalue weighted by molar-refractivity contribution is 0.187. The molecule has 0 aromatic heterocycles. The van der Waals surface area contributed by atoms with Crippen molar-refractivity contribution in [3.8, 4) is 0 Å². The summed E-state index contributed by atoms with van der Waals surface area (Å²) in [5, 5.41) is 12.1. The summed E-state index contributed by atoms with van der Waals surface area (Å²) in [6, 6.07) is 6.58. The van der Waals surface area contributed by atoms with E-state index in [1.807, 2.05) is 6.92 Å². The van der Waals surface area contributed by atoms with Gasteiger partial charge in [0.05, 0.1) is 6.10 Å². The molecule has 1 aromatic carbocycles. The Bertz CT molecular complexity index is 288. The van der Waals surface area contributed by atoms with E-state index in [-0.39, 0.29) is 11.9 Å². The highest BCUT2D eigenvalue weighted by atomic mass is 19.1. The Morgan fingerprint density at radius 3 is 2.57 bits per heavy atom. The van der Waals surface area contributed by atoms with Crippen LogP contribution in [0.25, 0.3) is 0 Å². The summed E-state index contributed by atoms with van der Waals surface area (Å²) in [7, 11) is 0. The predicted molar refractivity (Wildman–Crippen MR) is 54.5 cm³/mol. The molecule has 1 rings (SSSR count). The molecule has 0 aliphatic carbocycles. The molecule has 2 N–H and O–H groups in total. The van der Waals surface area contributed by atoms with Crippen molar-refractivity contribution in [2.24, 2.45) is 0 Å². The summed E-state index contributed by atoms with van der Waals surface area (Å²) in [6.07, 6.45) is -0.413. The molecule has 2 nitrogen and oxygen atoms in total. The highest BCUT2D eigenvalue weighted by molar-refractivity contribution is 5.20. The summed E-state index contributed by atoms with van der Waals surface area (Å²) < 4.78 is 13.3. The van der Waals surface area contributed by atoms with Gasteiger partial charge in [-0.15, -0.1) is 0 Å². The van der Waals surface area contributed by atoms with Gasteiger partial charge in [0.1, 0.15) is 5.82 Å². The van der Waals surface area contributed by atoms with Gasteiger partial charge in [-0.25, -0.2) is 4.39 Å². The average molecular weight is 197 g/mol. The zero-order valence-electron chi connectivity index (χ0n) is 8.50. The van der Waals surface area contributed by atoms with Gasteiger partial charge in [0, 0.05) is 18.2 Å². The first-order valence-corrected chi connectivity index (χ1v) is 4.77. The van der Waals surface area contributed by atoms with E-state index < -0.39 is 6.10 Å². The fraction of sp³-hybridized carbons (Fsp3) is 0.455. The van der Waals surface area contributed by atoms with E-state index in [1.54, 1.807) is 25.1 Å². The van der Waals surface area contributed by atoms with Crippen LogP contribution in [0.1, 0.15) is 25.5 Å². The van der Waals surface area contributed by atoms with E-state index in [1.165, 1.54) is 6.07 Å². The second-order valence-corrected chi connectivity index (χ2v) is 3.50. The summed E-state index contributed by atoms with van der Waals surface area (Å²) in [6.45, 7) is 4.04. The number of aliphatic hydroxyl groups excluding tert-OH is 1. The molecule has 78 valence electrons. The first kappa shape index (κ1) is 11.1. The fourth-order valence-electron chi connectivity index (χ4n) is 1.28. The van der Waals surface area contributed by atoms with Crippen molar-refractivity contribution in [1.82, 2.24) is 5.32 Å². The lowest BCUT2D eigenvalue weighted by atomic mass is 10.1. The van der Waals surface area contributed by atoms with Crippen LogP contribution in [-0.4, -0.2) is 17.8 Å². The monoisotopic (exact) mass is 197 g/mol. The van der Waals surface area contributed by atoms with Gasteiger partial charge in [-0.3, -0.25) is 0 Å². The number of rotatable bonds is 4. The van der Waals surface area contributed by atoms with Crippen molar-refractivity contribution in [3.63, 3.8) is 0 Å². The van der Waals surface area contributed by atoms with Crippen LogP contribution in [0.5, 0.6) is 0 Å². The van der Waals surface area contributed by atoms with Crippen LogP contribution in [0, 0.1) is 5.82 Å². The molecule has 3 heteroatoms. The highest BCUT2D eigenvalue weighted by Crippen LogP contribution is 2.15. The van der Waals surface area contributed by atoms with Gasteiger partial charge >= 0.3 is 0 Å². The topological polar surface area (TPSA) is 32.3 Å². The summed E-state index contributed by atoms with van der Waals surface area (Å²) >= 11 is 0. The number of hydrogen-bond donors (Lipinski definition) is 2. The Morgan fingerprint density at radius 2 is 2.00 bits per heavy atom. The molecule has 0 amide bonds. The van der Waals surface area contributed by atoms with Crippen LogP contribution in [0.3, 0.4) is 0 Å². The standard InChI is InChI=1S/C11H16FNO/c1-8(14)7-13-9(2)10-5-3-4-6-11(10)12/h3-6,8-9,13-14H,7H2,1-2H3. The van der Waals surface area contributed by atoms with Gasteiger partial charge in [-0.1, -0.05) is 18.2 Å². The molecule has 0 saturated heterocycles. The molecular formula is C11H16FNO. The Kier molecular flexibility index (Phi) is 4.04. The molecule has 0 heterocycles. The molecule has 0 fully saturated rings. The number of benzene rings is 1. The minimum Gasteiger partial charge on any atom is -0.392 e. The van der Waals surface area contributed by atoms with E-state index in [4.69, 9.17) is 5.11 Å². The van der Waals surface area contributed by atoms with Crippen molar-refractivity contribution >= 4 is 0 Å². The van der Waals surface area contributed by atoms with Gasteiger partial charge in [-0.05, 0) is 19.9 Å². The van der Waals surface area contributed by atoms with E-state index in [9.17, 15) is 4.39 Å². The Labute approximate surface area is 83.8 Å². The van der Waals surface area contributed by atoms with Crippen molar-refractivity contribution in [2.45, 2.75) is 26.0 Å². The predicted octanol–water partition coefficient (Wildman–Crippen LogP) is 1.86. The van der Waals surface area contributed by atoms with Crippen LogP contribution < -0.4 is 5.32 Å². The maximum Gasteiger partial charge on any atom is 0.127 e. The molecule has 0 bridgehead atoms. The smallest absolute Gasteiger partial charge is 0.127 e. The Morgan fingerprint density at radius 1 is 1.36 bits per heavy atom. The molecule has 14 heavy (non-hydrogen) atoms. The van der Waals surface area contributed by atoms with E-state index in [0.717, 1.165) is 0 Å². The normalized spacial score (nSPS) is 15.1. The van der Waals surface area contributed by atoms with Crippen molar-refractivity contribution in [2.75, 3.05) is 6.54 Å². The number of halogens is 1. The first-order valence-electron chi connectivity index (χ1n) is 4.77. The minimum atomic E-state index is -0.413. The largest absolute Gasteiger partial charge is 0.392 e. The third-order valence-corrected chi connectivity index (χ3v) is 2.09. The van der Waals surface area contributed by atoms with Crippen molar-refractivity contribution in [3.05, 3.63) is 35.6 Å². The van der Waals surface area contributed by atoms with E-state index in [0.29, 0.717) is 12.1 Å². The SMILES string of the molecule is CC(O)CNC(C)c1ccccc1F. The molecule has 2 atom stereocenters. The van der Waals surface area contributed by atoms with Crippen LogP contribution >= 0.6 is 0 Å². The number of hydrogen-bond acceptors (Lipinski definition) is 2. The van der Waals surface area contributed by atoms with Gasteiger partial charge in [0.2, 0.25) is 0 Å². The molecule has 0 aliphatic rings. The van der Waals surface area contributed by atoms with Gasteiger partial charge in [-0.2, -0.15) is 0 Å². The third kappa shape index (κ3) is 3.09. The van der Waals surface area contributed by atoms with Crippen LogP contribution in [0.4, 0.5) is 4.39 Å². The van der Waals surface area contributed by atoms with Gasteiger partial charge in [0.15, 0.2) is 0 Å². The Balaban J connectivity index is 2.60. The number of nitrogens with one attached hydrogen (secondary N) is 1. The molecule has 0 aliphatic heterocycles. The fourth-order valence-corrected chi connectivity index (χ4v) is 1.28. The zero-order chi connectivity index (χ0) is 10.6. The minimum absolute atomic E-state index is 0.0780. The lowest BCUT2D eigenvalue weighted by Crippen LogP contribution is -2.27. The highest BCUT2D eigenvalue weighted by Gasteiger charge is 2.09. The maximum atomic E-state index is 13.3. The third-order valence-electron chi connectivity index (χ3n) is 2.09. The van der Waals surface area contributed by atoms with E-state index in [2.05, 4.69) is 5.32 Å². The van der Waals surface area contributed by atoms with Crippen molar-refractivity contribution < 1.29 is 9.50 Å². The molecule has 1 aromatic rings. The molecule has 2 unspecified atom stereocenters.